The highest BCUT2D eigenvalue weighted by Crippen LogP contribution is 2.27. The lowest BCUT2D eigenvalue weighted by Crippen LogP contribution is -2.45. The first-order valence-electron chi connectivity index (χ1n) is 11.1. The normalized spacial score (nSPS) is 19.6. The zero-order chi connectivity index (χ0) is 21.2. The van der Waals surface area contributed by atoms with Crippen molar-refractivity contribution in [3.05, 3.63) is 54.6 Å². The van der Waals surface area contributed by atoms with Crippen molar-refractivity contribution in [2.24, 2.45) is 5.92 Å². The van der Waals surface area contributed by atoms with Gasteiger partial charge in [-0.05, 0) is 49.9 Å². The van der Waals surface area contributed by atoms with Crippen molar-refractivity contribution >= 4 is 28.4 Å². The van der Waals surface area contributed by atoms with Gasteiger partial charge in [-0.2, -0.15) is 0 Å². The van der Waals surface area contributed by atoms with Crippen LogP contribution in [0.2, 0.25) is 0 Å². The van der Waals surface area contributed by atoms with Crippen molar-refractivity contribution in [3.8, 4) is 11.3 Å². The predicted octanol–water partition coefficient (Wildman–Crippen LogP) is 4.19. The molecule has 2 aromatic carbocycles. The van der Waals surface area contributed by atoms with E-state index in [1.165, 1.54) is 0 Å². The smallest absolute Gasteiger partial charge is 0.251 e. The maximum absolute atomic E-state index is 12.8. The summed E-state index contributed by atoms with van der Waals surface area (Å²) in [6.07, 6.45) is 2.86. The first-order valence-corrected chi connectivity index (χ1v) is 11.1. The van der Waals surface area contributed by atoms with E-state index in [9.17, 15) is 9.59 Å². The Hall–Kier alpha value is -3.12. The van der Waals surface area contributed by atoms with Gasteiger partial charge in [0.1, 0.15) is 6.10 Å². The number of carbonyl (C=O) groups excluding carboxylic acids is 2. The molecule has 0 saturated carbocycles. The highest BCUT2D eigenvalue weighted by Gasteiger charge is 2.32. The molecular formula is C25H27N3O3. The molecule has 1 unspecified atom stereocenters. The van der Waals surface area contributed by atoms with Gasteiger partial charge in [-0.25, -0.2) is 0 Å². The van der Waals surface area contributed by atoms with Gasteiger partial charge in [0.15, 0.2) is 0 Å². The Bertz CT molecular complexity index is 1060. The summed E-state index contributed by atoms with van der Waals surface area (Å²) in [6.45, 7) is 1.91. The molecule has 2 fully saturated rings. The van der Waals surface area contributed by atoms with Gasteiger partial charge in [-0.1, -0.05) is 30.3 Å². The number of nitrogens with zero attached hydrogens (tertiary/aromatic N) is 1. The molecule has 2 amide bonds. The van der Waals surface area contributed by atoms with Crippen LogP contribution in [0.1, 0.15) is 25.7 Å². The topological polar surface area (TPSA) is 74.4 Å². The van der Waals surface area contributed by atoms with E-state index in [2.05, 4.69) is 28.5 Å². The van der Waals surface area contributed by atoms with Crippen LogP contribution in [0, 0.1) is 5.92 Å². The van der Waals surface area contributed by atoms with Crippen molar-refractivity contribution in [1.29, 1.82) is 0 Å². The second-order valence-corrected chi connectivity index (χ2v) is 8.44. The summed E-state index contributed by atoms with van der Waals surface area (Å²) in [5.74, 6) is 0.0330. The maximum atomic E-state index is 12.8. The Balaban J connectivity index is 1.21. The van der Waals surface area contributed by atoms with Gasteiger partial charge in [-0.15, -0.1) is 0 Å². The zero-order valence-corrected chi connectivity index (χ0v) is 17.5. The minimum atomic E-state index is -0.280. The molecule has 2 N–H and O–H groups in total. The molecule has 0 bridgehead atoms. The first kappa shape index (κ1) is 19.8. The summed E-state index contributed by atoms with van der Waals surface area (Å²) in [6, 6.07) is 18.2. The molecule has 0 aliphatic carbocycles. The number of anilines is 1. The van der Waals surface area contributed by atoms with Crippen LogP contribution in [-0.4, -0.2) is 47.5 Å². The van der Waals surface area contributed by atoms with E-state index in [0.29, 0.717) is 32.5 Å². The Morgan fingerprint density at radius 3 is 2.61 bits per heavy atom. The van der Waals surface area contributed by atoms with Crippen LogP contribution in [0.15, 0.2) is 54.6 Å². The molecule has 3 heterocycles. The van der Waals surface area contributed by atoms with Crippen LogP contribution in [0.5, 0.6) is 0 Å². The van der Waals surface area contributed by atoms with E-state index in [1.807, 2.05) is 41.3 Å². The molecule has 2 aliphatic rings. The lowest BCUT2D eigenvalue weighted by Gasteiger charge is -2.32. The quantitative estimate of drug-likeness (QED) is 0.668. The van der Waals surface area contributed by atoms with Crippen molar-refractivity contribution in [3.63, 3.8) is 0 Å². The van der Waals surface area contributed by atoms with Gasteiger partial charge in [-0.3, -0.25) is 9.59 Å². The summed E-state index contributed by atoms with van der Waals surface area (Å²) in [4.78, 5) is 30.6. The molecule has 31 heavy (non-hydrogen) atoms. The number of hydrogen-bond donors (Lipinski definition) is 2. The Morgan fingerprint density at radius 1 is 1.00 bits per heavy atom. The molecule has 6 nitrogen and oxygen atoms in total. The summed E-state index contributed by atoms with van der Waals surface area (Å²) in [5, 5.41) is 4.24. The van der Waals surface area contributed by atoms with Gasteiger partial charge in [0.05, 0.1) is 0 Å². The highest BCUT2D eigenvalue weighted by molar-refractivity contribution is 5.94. The molecule has 0 radical (unpaired) electrons. The molecule has 5 rings (SSSR count). The second kappa shape index (κ2) is 8.55. The lowest BCUT2D eigenvalue weighted by atomic mass is 9.95. The molecule has 160 valence electrons. The minimum Gasteiger partial charge on any atom is -0.368 e. The van der Waals surface area contributed by atoms with Crippen LogP contribution >= 0.6 is 0 Å². The number of fused-ring (bicyclic) bond motifs is 1. The Labute approximate surface area is 181 Å². The number of ether oxygens (including phenoxy) is 1. The number of rotatable bonds is 4. The number of aromatic amines is 1. The number of para-hydroxylation sites is 1. The van der Waals surface area contributed by atoms with E-state index in [-0.39, 0.29) is 23.8 Å². The highest BCUT2D eigenvalue weighted by atomic mass is 16.5. The average Bonchev–Trinajstić information content (AvgIpc) is 3.49. The number of likely N-dealkylation sites (tertiary alicyclic amines) is 1. The third-order valence-corrected chi connectivity index (χ3v) is 6.35. The molecule has 6 heteroatoms. The molecule has 2 aliphatic heterocycles. The Kier molecular flexibility index (Phi) is 5.47. The first-order chi connectivity index (χ1) is 15.2. The number of amides is 2. The fourth-order valence-corrected chi connectivity index (χ4v) is 4.58. The van der Waals surface area contributed by atoms with E-state index in [4.69, 9.17) is 4.74 Å². The molecular weight excluding hydrogens is 390 g/mol. The molecule has 1 aromatic heterocycles. The van der Waals surface area contributed by atoms with Gasteiger partial charge in [0, 0.05) is 53.5 Å². The maximum Gasteiger partial charge on any atom is 0.251 e. The van der Waals surface area contributed by atoms with Crippen LogP contribution in [0.4, 0.5) is 5.69 Å². The minimum absolute atomic E-state index is 0.0259. The molecule has 3 aromatic rings. The molecule has 0 spiro atoms. The standard InChI is InChI=1S/C25H27N3O3/c29-24(17-10-12-28(13-11-17)25(30)23-9-4-14-31-23)26-20-7-3-6-18(15-20)22-16-19-5-1-2-8-21(19)27-22/h1-3,5-8,15-17,23,27H,4,9-14H2,(H,26,29). The lowest BCUT2D eigenvalue weighted by molar-refractivity contribution is -0.143. The zero-order valence-electron chi connectivity index (χ0n) is 17.5. The fourth-order valence-electron chi connectivity index (χ4n) is 4.58. The van der Waals surface area contributed by atoms with Crippen LogP contribution in [-0.2, 0) is 14.3 Å². The summed E-state index contributed by atoms with van der Waals surface area (Å²) in [7, 11) is 0. The number of H-pyrrole nitrogens is 1. The molecule has 1 atom stereocenters. The van der Waals surface area contributed by atoms with Crippen LogP contribution < -0.4 is 5.32 Å². The van der Waals surface area contributed by atoms with Crippen molar-refractivity contribution in [1.82, 2.24) is 9.88 Å². The van der Waals surface area contributed by atoms with Crippen molar-refractivity contribution in [2.75, 3.05) is 25.0 Å². The van der Waals surface area contributed by atoms with Crippen LogP contribution in [0.25, 0.3) is 22.2 Å². The van der Waals surface area contributed by atoms with Crippen LogP contribution in [0.3, 0.4) is 0 Å². The summed E-state index contributed by atoms with van der Waals surface area (Å²) < 4.78 is 5.52. The van der Waals surface area contributed by atoms with Gasteiger partial charge < -0.3 is 19.9 Å². The van der Waals surface area contributed by atoms with E-state index < -0.39 is 0 Å². The van der Waals surface area contributed by atoms with E-state index in [1.54, 1.807) is 0 Å². The third-order valence-electron chi connectivity index (χ3n) is 6.35. The van der Waals surface area contributed by atoms with Gasteiger partial charge in [0.25, 0.3) is 5.91 Å². The van der Waals surface area contributed by atoms with Gasteiger partial charge in [0.2, 0.25) is 5.91 Å². The SMILES string of the molecule is O=C(Nc1cccc(-c2cc3ccccc3[nH]2)c1)C1CCN(C(=O)C2CCCO2)CC1. The number of hydrogen-bond acceptors (Lipinski definition) is 3. The van der Waals surface area contributed by atoms with Crippen molar-refractivity contribution in [2.45, 2.75) is 31.8 Å². The van der Waals surface area contributed by atoms with Gasteiger partial charge >= 0.3 is 0 Å². The molecule has 2 saturated heterocycles. The summed E-state index contributed by atoms with van der Waals surface area (Å²) in [5.41, 5.74) is 3.94. The second-order valence-electron chi connectivity index (χ2n) is 8.44. The number of nitrogens with one attached hydrogen (secondary N) is 2. The van der Waals surface area contributed by atoms with E-state index >= 15 is 0 Å². The number of piperidine rings is 1. The fraction of sp³-hybridized carbons (Fsp3) is 0.360. The Morgan fingerprint density at radius 2 is 1.84 bits per heavy atom. The summed E-state index contributed by atoms with van der Waals surface area (Å²) >= 11 is 0. The average molecular weight is 418 g/mol. The van der Waals surface area contributed by atoms with E-state index in [0.717, 1.165) is 40.7 Å². The number of carbonyl (C=O) groups is 2. The third kappa shape index (κ3) is 4.21. The predicted molar refractivity (Wildman–Crippen MR) is 121 cm³/mol. The number of aromatic nitrogens is 1. The number of benzene rings is 2. The monoisotopic (exact) mass is 417 g/mol. The largest absolute Gasteiger partial charge is 0.368 e. The van der Waals surface area contributed by atoms with Crippen molar-refractivity contribution < 1.29 is 14.3 Å².